The monoisotopic (exact) mass is 1560 g/mol. The molecule has 2 aliphatic carbocycles. The Hall–Kier alpha value is -5.85. The average molecular weight is 1570 g/mol. The summed E-state index contributed by atoms with van der Waals surface area (Å²) in [4.78, 5) is 78.2. The molecule has 6 aromatic rings. The fourth-order valence-electron chi connectivity index (χ4n) is 10.0. The molecule has 2 unspecified atom stereocenters. The summed E-state index contributed by atoms with van der Waals surface area (Å²) in [5, 5.41) is 47.2. The van der Waals surface area contributed by atoms with Crippen LogP contribution < -0.4 is 31.6 Å². The molecule has 2 saturated carbocycles. The van der Waals surface area contributed by atoms with E-state index in [1.807, 2.05) is 46.9 Å². The van der Waals surface area contributed by atoms with Gasteiger partial charge in [-0.3, -0.25) is 18.7 Å². The van der Waals surface area contributed by atoms with Crippen molar-refractivity contribution in [3.8, 4) is 35.7 Å². The molecule has 87 heavy (non-hydrogen) atoms. The number of benzene rings is 2. The average Bonchev–Trinajstić information content (AvgIpc) is 1.94. The molecule has 0 bridgehead atoms. The number of amides is 4. The van der Waals surface area contributed by atoms with E-state index in [0.717, 1.165) is 71.2 Å². The van der Waals surface area contributed by atoms with Crippen molar-refractivity contribution in [1.82, 2.24) is 59.5 Å². The van der Waals surface area contributed by atoms with Crippen molar-refractivity contribution in [2.24, 2.45) is 11.8 Å². The summed E-state index contributed by atoms with van der Waals surface area (Å²) in [6.45, 7) is 2.53. The van der Waals surface area contributed by atoms with Gasteiger partial charge >= 0.3 is 12.2 Å². The molecule has 8 atom stereocenters. The highest BCUT2D eigenvalue weighted by molar-refractivity contribution is 14.1. The highest BCUT2D eigenvalue weighted by Gasteiger charge is 2.50. The van der Waals surface area contributed by atoms with E-state index in [2.05, 4.69) is 122 Å². The fraction of sp³-hybridized carbons (Fsp3) is 0.464. The van der Waals surface area contributed by atoms with E-state index in [0.29, 0.717) is 69.5 Å². The molecule has 4 aliphatic heterocycles. The standard InChI is InChI=1S/C28H29Br2N7O6.C15H15Br2NO2.C13H15IN6O4/c29-15-4-7-18(17(30)12-15)42-28(41)36-10-8-14(9-11-36)2-1-3-19-34-24(31)20-25(35-19)37(13-32-20)27-22(39)21(38)23(43-27)26(40)33-16-5-6-16;1-2-3-11-6-8-18(9-7-11)15(19)20-14-5-4-12(16)10-13(14)17;14-13-18-9(15)5-10(19-13)20(3-16-5)12-7(22)6(21)8(24-12)11(23)17-4-1-2-4/h4,7,12-14,16,21-23,27,38-39H,2,5-6,8-11H2,(H,33,40)(H2,31,34,35);1,4-5,10-11H,3,6-9H2;3-4,6-8,12,21-22H,1-2H2,(H,17,23)(H2,15,18,19)/t21-,22?,23+,27-;;6-,7?,8+,12-/m1.1/s1. The van der Waals surface area contributed by atoms with Gasteiger partial charge in [0.1, 0.15) is 46.9 Å². The fourth-order valence-corrected chi connectivity index (χ4v) is 12.8. The van der Waals surface area contributed by atoms with E-state index in [1.54, 1.807) is 21.9 Å². The van der Waals surface area contributed by atoms with Crippen molar-refractivity contribution in [2.75, 3.05) is 37.6 Å². The van der Waals surface area contributed by atoms with Gasteiger partial charge in [-0.05, 0) is 137 Å². The lowest BCUT2D eigenvalue weighted by Crippen LogP contribution is -2.43. The van der Waals surface area contributed by atoms with Crippen LogP contribution in [-0.4, -0.2) is 168 Å². The Bertz CT molecular complexity index is 3660. The summed E-state index contributed by atoms with van der Waals surface area (Å²) in [6.07, 6.45) is 5.88. The Morgan fingerprint density at radius 2 is 1.07 bits per heavy atom. The van der Waals surface area contributed by atoms with E-state index in [9.17, 15) is 39.6 Å². The van der Waals surface area contributed by atoms with Crippen molar-refractivity contribution in [2.45, 2.75) is 125 Å². The molecule has 6 fully saturated rings. The summed E-state index contributed by atoms with van der Waals surface area (Å²) in [6, 6.07) is 11.0. The van der Waals surface area contributed by atoms with Crippen LogP contribution in [0.2, 0.25) is 0 Å². The molecule has 26 nitrogen and oxygen atoms in total. The number of nitrogen functional groups attached to an aromatic ring is 2. The minimum Gasteiger partial charge on any atom is -0.409 e. The zero-order chi connectivity index (χ0) is 61.8. The number of hydrogen-bond donors (Lipinski definition) is 8. The van der Waals surface area contributed by atoms with E-state index >= 15 is 0 Å². The number of carbonyl (C=O) groups is 4. The van der Waals surface area contributed by atoms with Crippen LogP contribution in [0.1, 0.15) is 82.5 Å². The molecule has 0 spiro atoms. The quantitative estimate of drug-likeness (QED) is 0.0453. The smallest absolute Gasteiger partial charge is 0.409 e. The number of anilines is 2. The zero-order valence-corrected chi connectivity index (χ0v) is 54.6. The largest absolute Gasteiger partial charge is 0.415 e. The molecule has 2 aromatic carbocycles. The molecule has 6 aliphatic rings. The summed E-state index contributed by atoms with van der Waals surface area (Å²) < 4.78 is 28.9. The summed E-state index contributed by atoms with van der Waals surface area (Å²) in [7, 11) is 0. The highest BCUT2D eigenvalue weighted by atomic mass is 127. The maximum Gasteiger partial charge on any atom is 0.415 e. The Labute approximate surface area is 545 Å². The zero-order valence-electron chi connectivity index (χ0n) is 46.1. The number of hydrogen-bond acceptors (Lipinski definition) is 20. The van der Waals surface area contributed by atoms with E-state index in [1.165, 1.54) is 21.8 Å². The molecule has 10 N–H and O–H groups in total. The van der Waals surface area contributed by atoms with Crippen LogP contribution in [0.25, 0.3) is 22.3 Å². The number of nitrogens with two attached hydrogens (primary N) is 2. The molecule has 4 saturated heterocycles. The summed E-state index contributed by atoms with van der Waals surface area (Å²) in [5.41, 5.74) is 13.2. The molecule has 4 amide bonds. The molecule has 4 aromatic heterocycles. The summed E-state index contributed by atoms with van der Waals surface area (Å²) >= 11 is 15.5. The number of nitrogens with zero attached hydrogens (tertiary/aromatic N) is 10. The molecule has 31 heteroatoms. The van der Waals surface area contributed by atoms with Gasteiger partial charge in [0.25, 0.3) is 11.8 Å². The number of halogens is 5. The first kappa shape index (κ1) is 64.1. The van der Waals surface area contributed by atoms with Gasteiger partial charge in [0.15, 0.2) is 51.4 Å². The van der Waals surface area contributed by atoms with Crippen molar-refractivity contribution >= 4 is 144 Å². The van der Waals surface area contributed by atoms with Gasteiger partial charge in [0.2, 0.25) is 5.82 Å². The van der Waals surface area contributed by atoms with Gasteiger partial charge in [-0.15, -0.1) is 12.3 Å². The van der Waals surface area contributed by atoms with Crippen molar-refractivity contribution in [1.29, 1.82) is 0 Å². The number of rotatable bonds is 10. The minimum atomic E-state index is -1.42. The Balaban J connectivity index is 0.000000160. The summed E-state index contributed by atoms with van der Waals surface area (Å²) in [5.74, 6) is 10.2. The third kappa shape index (κ3) is 15.6. The van der Waals surface area contributed by atoms with E-state index in [4.69, 9.17) is 36.8 Å². The molecule has 12 rings (SSSR count). The SMILES string of the molecule is C#CCC1CCN(C(=O)Oc2ccc(Br)cc2Br)CC1.Nc1nc(C#CCC2CCN(C(=O)Oc3ccc(Br)cc3Br)CC2)nc2c1ncn2[C@@H]1O[C@H](C(=O)NC2CC2)[C@H](O)C1O.Nc1nc(I)nc2c1ncn2[C@@H]1O[C@H](C(=O)NC2CC2)[C@H](O)C1O. The van der Waals surface area contributed by atoms with Crippen LogP contribution in [0.3, 0.4) is 0 Å². The first-order valence-electron chi connectivity index (χ1n) is 27.8. The van der Waals surface area contributed by atoms with Crippen LogP contribution >= 0.6 is 86.3 Å². The van der Waals surface area contributed by atoms with E-state index in [-0.39, 0.29) is 58.8 Å². The number of piperidine rings is 2. The topological polar surface area (TPSA) is 356 Å². The van der Waals surface area contributed by atoms with Crippen LogP contribution in [0.5, 0.6) is 11.5 Å². The molecular weight excluding hydrogens is 1510 g/mol. The molecular formula is C56H59Br4IN14O12. The van der Waals surface area contributed by atoms with E-state index < -0.39 is 60.9 Å². The second kappa shape index (κ2) is 28.3. The van der Waals surface area contributed by atoms with Gasteiger partial charge in [-0.25, -0.2) is 39.5 Å². The third-order valence-electron chi connectivity index (χ3n) is 15.2. The maximum absolute atomic E-state index is 12.6. The number of imidazole rings is 2. The van der Waals surface area contributed by atoms with Crippen LogP contribution in [0, 0.1) is 39.9 Å². The molecule has 8 heterocycles. The second-order valence-electron chi connectivity index (χ2n) is 21.5. The van der Waals surface area contributed by atoms with Gasteiger partial charge in [-0.2, -0.15) is 0 Å². The number of carbonyl (C=O) groups excluding carboxylic acids is 4. The third-order valence-corrected chi connectivity index (χ3v) is 17.9. The van der Waals surface area contributed by atoms with Crippen LogP contribution in [0.15, 0.2) is 66.9 Å². The van der Waals surface area contributed by atoms with Crippen LogP contribution in [0.4, 0.5) is 21.2 Å². The first-order chi connectivity index (χ1) is 41.7. The molecule has 460 valence electrons. The number of ether oxygens (including phenoxy) is 4. The normalized spacial score (nSPS) is 23.8. The number of aliphatic hydroxyl groups is 4. The lowest BCUT2D eigenvalue weighted by molar-refractivity contribution is -0.138. The Morgan fingerprint density at radius 1 is 0.632 bits per heavy atom. The van der Waals surface area contributed by atoms with Crippen molar-refractivity contribution < 1.29 is 58.6 Å². The number of fused-ring (bicyclic) bond motifs is 2. The first-order valence-corrected chi connectivity index (χ1v) is 32.0. The number of aromatic nitrogens is 8. The lowest BCUT2D eigenvalue weighted by atomic mass is 9.94. The number of likely N-dealkylation sites (tertiary alicyclic amines) is 2. The lowest BCUT2D eigenvalue weighted by Gasteiger charge is -2.30. The van der Waals surface area contributed by atoms with Gasteiger partial charge in [-0.1, -0.05) is 37.8 Å². The van der Waals surface area contributed by atoms with Crippen molar-refractivity contribution in [3.05, 3.63) is 76.6 Å². The predicted molar refractivity (Wildman–Crippen MR) is 336 cm³/mol. The Kier molecular flexibility index (Phi) is 20.9. The minimum absolute atomic E-state index is 0.0802. The number of nitrogens with one attached hydrogen (secondary N) is 2. The van der Waals surface area contributed by atoms with Gasteiger partial charge in [0, 0.05) is 82.6 Å². The van der Waals surface area contributed by atoms with Crippen LogP contribution in [-0.2, 0) is 19.1 Å². The van der Waals surface area contributed by atoms with Crippen molar-refractivity contribution in [3.63, 3.8) is 0 Å². The van der Waals surface area contributed by atoms with Gasteiger partial charge < -0.3 is 71.3 Å². The molecule has 0 radical (unpaired) electrons. The Morgan fingerprint density at radius 3 is 1.51 bits per heavy atom. The highest BCUT2D eigenvalue weighted by Crippen LogP contribution is 2.36. The number of aliphatic hydroxyl groups excluding tert-OH is 4. The number of terminal acetylenes is 1. The maximum atomic E-state index is 12.6. The predicted octanol–water partition coefficient (Wildman–Crippen LogP) is 5.84. The second-order valence-corrected chi connectivity index (χ2v) is 26.0. The van der Waals surface area contributed by atoms with Gasteiger partial charge in [0.05, 0.1) is 21.6 Å².